The molecule has 0 spiro atoms. The number of ether oxygens (including phenoxy) is 1. The Kier molecular flexibility index (Phi) is 5.37. The van der Waals surface area contributed by atoms with E-state index < -0.39 is 6.10 Å². The lowest BCUT2D eigenvalue weighted by Crippen LogP contribution is -2.49. The number of hydrogen-bond donors (Lipinski definition) is 2. The van der Waals surface area contributed by atoms with Gasteiger partial charge in [-0.1, -0.05) is 36.2 Å². The number of aryl methyl sites for hydroxylation is 1. The fourth-order valence-electron chi connectivity index (χ4n) is 2.92. The second-order valence-corrected chi connectivity index (χ2v) is 5.96. The van der Waals surface area contributed by atoms with Crippen LogP contribution in [-0.2, 0) is 14.9 Å². The Morgan fingerprint density at radius 2 is 2.24 bits per heavy atom. The van der Waals surface area contributed by atoms with Crippen LogP contribution >= 0.6 is 0 Å². The summed E-state index contributed by atoms with van der Waals surface area (Å²) in [6.45, 7) is 2.84. The third kappa shape index (κ3) is 3.63. The number of aliphatic hydroxyl groups is 1. The van der Waals surface area contributed by atoms with Gasteiger partial charge in [0.1, 0.15) is 0 Å². The highest BCUT2D eigenvalue weighted by atomic mass is 16.5. The molecule has 116 valence electrons. The average molecular weight is 291 g/mol. The molecule has 1 aromatic rings. The van der Waals surface area contributed by atoms with Crippen LogP contribution in [0.15, 0.2) is 24.3 Å². The maximum Gasteiger partial charge on any atom is 0.230 e. The quantitative estimate of drug-likeness (QED) is 0.807. The zero-order chi connectivity index (χ0) is 15.3. The summed E-state index contributed by atoms with van der Waals surface area (Å²) in [4.78, 5) is 12.6. The third-order valence-electron chi connectivity index (χ3n) is 4.33. The second kappa shape index (κ2) is 7.05. The normalized spacial score (nSPS) is 17.9. The number of carbonyl (C=O) groups is 1. The molecule has 0 bridgehead atoms. The van der Waals surface area contributed by atoms with Gasteiger partial charge in [0, 0.05) is 13.7 Å². The van der Waals surface area contributed by atoms with E-state index in [9.17, 15) is 9.90 Å². The van der Waals surface area contributed by atoms with Crippen LogP contribution in [0.5, 0.6) is 0 Å². The minimum Gasteiger partial charge on any atom is -0.391 e. The summed E-state index contributed by atoms with van der Waals surface area (Å²) in [5.41, 5.74) is 1.93. The Balaban J connectivity index is 1.96. The molecule has 0 heterocycles. The Hall–Kier alpha value is -1.39. The number of rotatable bonds is 7. The van der Waals surface area contributed by atoms with Crippen molar-refractivity contribution in [2.24, 2.45) is 0 Å². The van der Waals surface area contributed by atoms with E-state index in [0.717, 1.165) is 24.8 Å². The minimum atomic E-state index is -0.522. The zero-order valence-corrected chi connectivity index (χ0v) is 12.9. The number of aliphatic hydroxyl groups excluding tert-OH is 1. The molecular weight excluding hydrogens is 266 g/mol. The van der Waals surface area contributed by atoms with Gasteiger partial charge >= 0.3 is 0 Å². The lowest BCUT2D eigenvalue weighted by atomic mass is 9.63. The first-order valence-electron chi connectivity index (χ1n) is 7.61. The Morgan fingerprint density at radius 1 is 1.48 bits per heavy atom. The lowest BCUT2D eigenvalue weighted by molar-refractivity contribution is -0.130. The topological polar surface area (TPSA) is 58.6 Å². The molecule has 1 atom stereocenters. The molecule has 0 radical (unpaired) electrons. The monoisotopic (exact) mass is 291 g/mol. The second-order valence-electron chi connectivity index (χ2n) is 5.96. The van der Waals surface area contributed by atoms with Crippen molar-refractivity contribution in [3.05, 3.63) is 35.4 Å². The van der Waals surface area contributed by atoms with E-state index in [1.165, 1.54) is 5.56 Å². The Bertz CT molecular complexity index is 483. The summed E-state index contributed by atoms with van der Waals surface area (Å²) in [7, 11) is 1.56. The van der Waals surface area contributed by atoms with Crippen molar-refractivity contribution in [2.75, 3.05) is 20.3 Å². The van der Waals surface area contributed by atoms with Gasteiger partial charge in [-0.25, -0.2) is 0 Å². The average Bonchev–Trinajstić information content (AvgIpc) is 2.38. The highest BCUT2D eigenvalue weighted by Crippen LogP contribution is 2.44. The number of carbonyl (C=O) groups excluding carboxylic acids is 1. The van der Waals surface area contributed by atoms with Gasteiger partial charge in [0.05, 0.1) is 18.1 Å². The van der Waals surface area contributed by atoms with E-state index in [4.69, 9.17) is 4.74 Å². The van der Waals surface area contributed by atoms with Crippen molar-refractivity contribution in [3.8, 4) is 0 Å². The summed E-state index contributed by atoms with van der Waals surface area (Å²) in [5.74, 6) is 0.0870. The van der Waals surface area contributed by atoms with Crippen LogP contribution in [0.4, 0.5) is 0 Å². The molecule has 21 heavy (non-hydrogen) atoms. The molecular formula is C17H25NO3. The van der Waals surface area contributed by atoms with Crippen molar-refractivity contribution in [3.63, 3.8) is 0 Å². The molecule has 1 saturated carbocycles. The van der Waals surface area contributed by atoms with Gasteiger partial charge in [0.25, 0.3) is 0 Å². The molecule has 1 fully saturated rings. The molecule has 1 aliphatic carbocycles. The van der Waals surface area contributed by atoms with Crippen LogP contribution in [0, 0.1) is 6.92 Å². The molecule has 1 amide bonds. The predicted molar refractivity (Wildman–Crippen MR) is 82.2 cm³/mol. The van der Waals surface area contributed by atoms with Crippen LogP contribution in [0.2, 0.25) is 0 Å². The standard InChI is InChI=1S/C17H25NO3/c1-13-5-3-6-14(11-13)17(8-4-9-17)16(20)18-10-7-15(19)12-21-2/h3,5-6,11,15,19H,4,7-10,12H2,1-2H3,(H,18,20). The van der Waals surface area contributed by atoms with Gasteiger partial charge in [-0.05, 0) is 31.7 Å². The lowest BCUT2D eigenvalue weighted by Gasteiger charge is -2.41. The first kappa shape index (κ1) is 16.0. The molecule has 0 aromatic heterocycles. The van der Waals surface area contributed by atoms with Crippen molar-refractivity contribution < 1.29 is 14.6 Å². The largest absolute Gasteiger partial charge is 0.391 e. The van der Waals surface area contributed by atoms with E-state index >= 15 is 0 Å². The van der Waals surface area contributed by atoms with E-state index in [1.807, 2.05) is 12.1 Å². The van der Waals surface area contributed by atoms with Crippen LogP contribution in [0.3, 0.4) is 0 Å². The third-order valence-corrected chi connectivity index (χ3v) is 4.33. The first-order chi connectivity index (χ1) is 10.1. The van der Waals surface area contributed by atoms with Gasteiger partial charge in [-0.15, -0.1) is 0 Å². The summed E-state index contributed by atoms with van der Waals surface area (Å²) in [6.07, 6.45) is 2.90. The predicted octanol–water partition coefficient (Wildman–Crippen LogP) is 1.93. The van der Waals surface area contributed by atoms with Gasteiger partial charge in [0.15, 0.2) is 0 Å². The van der Waals surface area contributed by atoms with Crippen LogP contribution in [-0.4, -0.2) is 37.4 Å². The molecule has 1 unspecified atom stereocenters. The van der Waals surface area contributed by atoms with Crippen LogP contribution in [0.1, 0.15) is 36.8 Å². The highest BCUT2D eigenvalue weighted by Gasteiger charge is 2.45. The molecule has 0 aliphatic heterocycles. The number of hydrogen-bond acceptors (Lipinski definition) is 3. The van der Waals surface area contributed by atoms with Crippen LogP contribution in [0.25, 0.3) is 0 Å². The van der Waals surface area contributed by atoms with E-state index in [0.29, 0.717) is 19.6 Å². The molecule has 1 aliphatic rings. The van der Waals surface area contributed by atoms with Gasteiger partial charge in [0.2, 0.25) is 5.91 Å². The van der Waals surface area contributed by atoms with Crippen molar-refractivity contribution in [2.45, 2.75) is 44.1 Å². The van der Waals surface area contributed by atoms with E-state index in [2.05, 4.69) is 24.4 Å². The number of amides is 1. The summed E-state index contributed by atoms with van der Waals surface area (Å²) < 4.78 is 4.88. The smallest absolute Gasteiger partial charge is 0.230 e. The minimum absolute atomic E-state index is 0.0870. The number of methoxy groups -OCH3 is 1. The van der Waals surface area contributed by atoms with Gasteiger partial charge < -0.3 is 15.2 Å². The zero-order valence-electron chi connectivity index (χ0n) is 12.9. The van der Waals surface area contributed by atoms with Crippen LogP contribution < -0.4 is 5.32 Å². The molecule has 2 rings (SSSR count). The Labute approximate surface area is 126 Å². The number of nitrogens with one attached hydrogen (secondary N) is 1. The van der Waals surface area contributed by atoms with Gasteiger partial charge in [-0.2, -0.15) is 0 Å². The fourth-order valence-corrected chi connectivity index (χ4v) is 2.92. The molecule has 2 N–H and O–H groups in total. The maximum atomic E-state index is 12.6. The molecule has 1 aromatic carbocycles. The van der Waals surface area contributed by atoms with E-state index in [-0.39, 0.29) is 11.3 Å². The highest BCUT2D eigenvalue weighted by molar-refractivity contribution is 5.89. The van der Waals surface area contributed by atoms with Gasteiger partial charge in [-0.3, -0.25) is 4.79 Å². The summed E-state index contributed by atoms with van der Waals surface area (Å²) in [6, 6.07) is 8.22. The number of benzene rings is 1. The van der Waals surface area contributed by atoms with Crippen molar-refractivity contribution >= 4 is 5.91 Å². The first-order valence-corrected chi connectivity index (χ1v) is 7.61. The summed E-state index contributed by atoms with van der Waals surface area (Å²) in [5, 5.41) is 12.6. The van der Waals surface area contributed by atoms with E-state index in [1.54, 1.807) is 7.11 Å². The molecule has 0 saturated heterocycles. The summed E-state index contributed by atoms with van der Waals surface area (Å²) >= 11 is 0. The Morgan fingerprint density at radius 3 is 2.81 bits per heavy atom. The molecule has 4 heteroatoms. The van der Waals surface area contributed by atoms with Crippen molar-refractivity contribution in [1.82, 2.24) is 5.32 Å². The SMILES string of the molecule is COCC(O)CCNC(=O)C1(c2cccc(C)c2)CCC1. The maximum absolute atomic E-state index is 12.6. The molecule has 4 nitrogen and oxygen atoms in total. The van der Waals surface area contributed by atoms with Crippen molar-refractivity contribution in [1.29, 1.82) is 0 Å². The fraction of sp³-hybridized carbons (Fsp3) is 0.588.